The number of rotatable bonds is 7. The van der Waals surface area contributed by atoms with Gasteiger partial charge in [0.05, 0.1) is 46.5 Å². The number of imidazole rings is 1. The van der Waals surface area contributed by atoms with Gasteiger partial charge in [-0.25, -0.2) is 9.78 Å². The average molecular weight is 575 g/mol. The predicted octanol–water partition coefficient (Wildman–Crippen LogP) is 5.46. The highest BCUT2D eigenvalue weighted by Crippen LogP contribution is 2.44. The van der Waals surface area contributed by atoms with Gasteiger partial charge in [-0.15, -0.1) is 0 Å². The lowest BCUT2D eigenvalue weighted by atomic mass is 9.88. The summed E-state index contributed by atoms with van der Waals surface area (Å²) in [5, 5.41) is 10.1. The number of para-hydroxylation sites is 1. The van der Waals surface area contributed by atoms with Gasteiger partial charge < -0.3 is 23.9 Å². The molecule has 1 unspecified atom stereocenters. The molecule has 1 N–H and O–H groups in total. The van der Waals surface area contributed by atoms with Gasteiger partial charge in [0.1, 0.15) is 12.4 Å². The van der Waals surface area contributed by atoms with Crippen LogP contribution in [0.3, 0.4) is 0 Å². The van der Waals surface area contributed by atoms with Crippen molar-refractivity contribution in [2.24, 2.45) is 0 Å². The second kappa shape index (κ2) is 11.0. The Morgan fingerprint density at radius 2 is 1.95 bits per heavy atom. The van der Waals surface area contributed by atoms with Crippen LogP contribution < -0.4 is 9.47 Å². The highest BCUT2D eigenvalue weighted by atomic mass is 35.5. The molecule has 0 aliphatic carbocycles. The van der Waals surface area contributed by atoms with Crippen LogP contribution in [-0.4, -0.2) is 62.9 Å². The molecule has 5 heterocycles. The molecule has 0 saturated carbocycles. The molecule has 2 fully saturated rings. The van der Waals surface area contributed by atoms with Gasteiger partial charge in [0.15, 0.2) is 17.6 Å². The molecule has 7 rings (SSSR count). The molecule has 4 aromatic rings. The maximum atomic E-state index is 11.6. The van der Waals surface area contributed by atoms with Crippen LogP contribution >= 0.6 is 11.6 Å². The molecule has 41 heavy (non-hydrogen) atoms. The molecular weight excluding hydrogens is 544 g/mol. The number of fused-ring (bicyclic) bond motifs is 2. The number of nitrogens with zero attached hydrogens (tertiary/aromatic N) is 4. The van der Waals surface area contributed by atoms with Crippen molar-refractivity contribution in [2.45, 2.75) is 50.5 Å². The summed E-state index contributed by atoms with van der Waals surface area (Å²) >= 11 is 6.03. The highest BCUT2D eigenvalue weighted by molar-refractivity contribution is 6.30. The van der Waals surface area contributed by atoms with Crippen molar-refractivity contribution < 1.29 is 24.1 Å². The predicted molar refractivity (Wildman–Crippen MR) is 153 cm³/mol. The van der Waals surface area contributed by atoms with E-state index in [1.807, 2.05) is 24.3 Å². The summed E-state index contributed by atoms with van der Waals surface area (Å²) in [6.45, 7) is 4.40. The van der Waals surface area contributed by atoms with Gasteiger partial charge in [0.25, 0.3) is 0 Å². The molecule has 3 aliphatic heterocycles. The fraction of sp³-hybridized carbons (Fsp3) is 0.387. The van der Waals surface area contributed by atoms with Crippen molar-refractivity contribution in [3.05, 3.63) is 82.4 Å². The number of pyridine rings is 1. The zero-order valence-corrected chi connectivity index (χ0v) is 23.3. The van der Waals surface area contributed by atoms with Gasteiger partial charge in [-0.05, 0) is 74.7 Å². The van der Waals surface area contributed by atoms with Crippen LogP contribution in [0.5, 0.6) is 11.5 Å². The number of piperidine rings is 1. The number of ether oxygens (including phenoxy) is 3. The fourth-order valence-electron chi connectivity index (χ4n) is 6.02. The van der Waals surface area contributed by atoms with Crippen molar-refractivity contribution in [1.82, 2.24) is 19.4 Å². The molecule has 2 atom stereocenters. The zero-order chi connectivity index (χ0) is 27.9. The van der Waals surface area contributed by atoms with Crippen molar-refractivity contribution in [3.63, 3.8) is 0 Å². The molecular formula is C31H31ClN4O5. The molecule has 0 spiro atoms. The maximum Gasteiger partial charge on any atom is 0.335 e. The van der Waals surface area contributed by atoms with E-state index in [1.54, 1.807) is 24.4 Å². The highest BCUT2D eigenvalue weighted by Gasteiger charge is 2.31. The number of aromatic nitrogens is 3. The Morgan fingerprint density at radius 3 is 2.68 bits per heavy atom. The van der Waals surface area contributed by atoms with Crippen LogP contribution in [0.15, 0.2) is 54.7 Å². The van der Waals surface area contributed by atoms with Crippen molar-refractivity contribution >= 4 is 28.6 Å². The standard InChI is InChI=1S/C31H31ClN4O5/c32-21-5-7-25(33-15-21)28-18-40-27-3-1-2-23(30(27)41-28)19-8-11-35(12-9-19)17-29-34-24-6-4-20(31(37)38)14-26(24)36(29)16-22-10-13-39-22/h1-7,14-15,19,22,28H,8-13,16-18H2,(H,37,38)/t22-,28?/m0/s1. The van der Waals surface area contributed by atoms with E-state index in [1.165, 1.54) is 5.56 Å². The molecule has 2 aromatic carbocycles. The lowest BCUT2D eigenvalue weighted by molar-refractivity contribution is -0.0592. The zero-order valence-electron chi connectivity index (χ0n) is 22.5. The molecule has 0 radical (unpaired) electrons. The van der Waals surface area contributed by atoms with E-state index < -0.39 is 5.97 Å². The summed E-state index contributed by atoms with van der Waals surface area (Å²) in [5.41, 5.74) is 3.92. The third-order valence-electron chi connectivity index (χ3n) is 8.39. The lowest BCUT2D eigenvalue weighted by Gasteiger charge is -2.35. The summed E-state index contributed by atoms with van der Waals surface area (Å²) in [6.07, 6.45) is 4.47. The van der Waals surface area contributed by atoms with Gasteiger partial charge in [-0.2, -0.15) is 0 Å². The summed E-state index contributed by atoms with van der Waals surface area (Å²) < 4.78 is 20.4. The Kier molecular flexibility index (Phi) is 7.02. The van der Waals surface area contributed by atoms with Crippen molar-refractivity contribution in [2.75, 3.05) is 26.3 Å². The first-order valence-corrected chi connectivity index (χ1v) is 14.5. The number of halogens is 1. The minimum Gasteiger partial charge on any atom is -0.485 e. The molecule has 10 heteroatoms. The number of hydrogen-bond acceptors (Lipinski definition) is 7. The van der Waals surface area contributed by atoms with Crippen LogP contribution in [0.4, 0.5) is 0 Å². The van der Waals surface area contributed by atoms with Crippen LogP contribution in [0.25, 0.3) is 11.0 Å². The third-order valence-corrected chi connectivity index (χ3v) is 8.61. The maximum absolute atomic E-state index is 11.6. The summed E-state index contributed by atoms with van der Waals surface area (Å²) in [6, 6.07) is 15.0. The molecule has 2 saturated heterocycles. The van der Waals surface area contributed by atoms with Gasteiger partial charge in [-0.1, -0.05) is 23.7 Å². The number of likely N-dealkylation sites (tertiary alicyclic amines) is 1. The number of carbonyl (C=O) groups is 1. The minimum atomic E-state index is -0.934. The molecule has 0 bridgehead atoms. The van der Waals surface area contributed by atoms with Gasteiger partial charge in [0, 0.05) is 18.4 Å². The Hall–Kier alpha value is -3.66. The fourth-order valence-corrected chi connectivity index (χ4v) is 6.14. The molecule has 0 amide bonds. The monoisotopic (exact) mass is 574 g/mol. The topological polar surface area (TPSA) is 98.9 Å². The average Bonchev–Trinajstić information content (AvgIpc) is 3.31. The molecule has 2 aromatic heterocycles. The van der Waals surface area contributed by atoms with E-state index in [4.69, 9.17) is 30.8 Å². The smallest absolute Gasteiger partial charge is 0.335 e. The largest absolute Gasteiger partial charge is 0.485 e. The normalized spacial score (nSPS) is 21.1. The first-order valence-electron chi connectivity index (χ1n) is 14.1. The third kappa shape index (κ3) is 5.25. The van der Waals surface area contributed by atoms with E-state index >= 15 is 0 Å². The Bertz CT molecular complexity index is 1580. The number of carboxylic acid groups (broad SMARTS) is 1. The van der Waals surface area contributed by atoms with Crippen LogP contribution in [-0.2, 0) is 17.8 Å². The number of benzene rings is 2. The summed E-state index contributed by atoms with van der Waals surface area (Å²) in [5.74, 6) is 1.96. The first kappa shape index (κ1) is 26.3. The van der Waals surface area contributed by atoms with Crippen LogP contribution in [0, 0.1) is 0 Å². The number of hydrogen-bond donors (Lipinski definition) is 1. The second-order valence-corrected chi connectivity index (χ2v) is 11.4. The van der Waals surface area contributed by atoms with Gasteiger partial charge >= 0.3 is 5.97 Å². The summed E-state index contributed by atoms with van der Waals surface area (Å²) in [4.78, 5) is 23.4. The Morgan fingerprint density at radius 1 is 1.10 bits per heavy atom. The van der Waals surface area contributed by atoms with Gasteiger partial charge in [-0.3, -0.25) is 9.88 Å². The van der Waals surface area contributed by atoms with Gasteiger partial charge in [0.2, 0.25) is 0 Å². The van der Waals surface area contributed by atoms with E-state index in [2.05, 4.69) is 20.5 Å². The van der Waals surface area contributed by atoms with E-state index in [0.717, 1.165) is 73.0 Å². The quantitative estimate of drug-likeness (QED) is 0.310. The first-order chi connectivity index (χ1) is 20.0. The molecule has 9 nitrogen and oxygen atoms in total. The molecule has 3 aliphatic rings. The Balaban J connectivity index is 1.07. The minimum absolute atomic E-state index is 0.142. The number of aromatic carboxylic acids is 1. The van der Waals surface area contributed by atoms with E-state index in [9.17, 15) is 9.90 Å². The summed E-state index contributed by atoms with van der Waals surface area (Å²) in [7, 11) is 0. The van der Waals surface area contributed by atoms with Crippen molar-refractivity contribution in [1.29, 1.82) is 0 Å². The van der Waals surface area contributed by atoms with E-state index in [-0.39, 0.29) is 17.8 Å². The Labute approximate surface area is 242 Å². The van der Waals surface area contributed by atoms with Crippen LogP contribution in [0.1, 0.15) is 58.7 Å². The van der Waals surface area contributed by atoms with E-state index in [0.29, 0.717) is 30.6 Å². The SMILES string of the molecule is O=C(O)c1ccc2nc(CN3CCC(c4cccc5c4OC(c4ccc(Cl)cn4)CO5)CC3)n(C[C@@H]3CCO3)c2c1. The van der Waals surface area contributed by atoms with Crippen molar-refractivity contribution in [3.8, 4) is 11.5 Å². The number of carboxylic acids is 1. The van der Waals surface area contributed by atoms with Crippen LogP contribution in [0.2, 0.25) is 5.02 Å². The molecule has 212 valence electrons. The lowest BCUT2D eigenvalue weighted by Crippen LogP contribution is -2.35. The second-order valence-electron chi connectivity index (χ2n) is 11.0.